The smallest absolute Gasteiger partial charge is 0.120 e. The van der Waals surface area contributed by atoms with Gasteiger partial charge in [-0.1, -0.05) is 20.8 Å². The van der Waals surface area contributed by atoms with Gasteiger partial charge in [-0.15, -0.1) is 0 Å². The number of hydrogen-bond acceptors (Lipinski definition) is 3. The second-order valence-electron chi connectivity index (χ2n) is 6.52. The minimum absolute atomic E-state index is 0.798. The summed E-state index contributed by atoms with van der Waals surface area (Å²) in [5.41, 5.74) is 1.28. The van der Waals surface area contributed by atoms with E-state index in [0.29, 0.717) is 0 Å². The Morgan fingerprint density at radius 3 is 2.90 bits per heavy atom. The first-order chi connectivity index (χ1) is 9.60. The largest absolute Gasteiger partial charge is 0.463 e. The number of nitrogens with zero attached hydrogens (tertiary/aromatic N) is 1. The minimum atomic E-state index is 0.798. The van der Waals surface area contributed by atoms with E-state index in [9.17, 15) is 0 Å². The van der Waals surface area contributed by atoms with Crippen LogP contribution in [-0.4, -0.2) is 24.5 Å². The van der Waals surface area contributed by atoms with Crippen molar-refractivity contribution in [2.24, 2.45) is 11.8 Å². The number of rotatable bonds is 7. The first-order valence-corrected chi connectivity index (χ1v) is 8.11. The molecule has 1 aromatic heterocycles. The van der Waals surface area contributed by atoms with Gasteiger partial charge in [0, 0.05) is 6.54 Å². The molecule has 1 saturated heterocycles. The molecule has 1 N–H and O–H groups in total. The molecule has 0 aromatic carbocycles. The zero-order chi connectivity index (χ0) is 14.5. The van der Waals surface area contributed by atoms with Crippen LogP contribution >= 0.6 is 0 Å². The number of likely N-dealkylation sites (tertiary alicyclic amines) is 1. The first kappa shape index (κ1) is 15.6. The lowest BCUT2D eigenvalue weighted by molar-refractivity contribution is 0.269. The Hall–Kier alpha value is -0.800. The quantitative estimate of drug-likeness (QED) is 0.773. The van der Waals surface area contributed by atoms with E-state index in [-0.39, 0.29) is 0 Å². The summed E-state index contributed by atoms with van der Waals surface area (Å²) in [5, 5.41) is 3.41. The highest BCUT2D eigenvalue weighted by molar-refractivity contribution is 5.20. The summed E-state index contributed by atoms with van der Waals surface area (Å²) in [4.78, 5) is 2.53. The van der Waals surface area contributed by atoms with Crippen LogP contribution in [0.1, 0.15) is 50.7 Å². The molecule has 0 saturated carbocycles. The van der Waals surface area contributed by atoms with E-state index in [4.69, 9.17) is 4.42 Å². The molecule has 2 heterocycles. The molecule has 114 valence electrons. The summed E-state index contributed by atoms with van der Waals surface area (Å²) in [5.74, 6) is 3.89. The van der Waals surface area contributed by atoms with Gasteiger partial charge in [-0.05, 0) is 56.3 Å². The topological polar surface area (TPSA) is 28.4 Å². The van der Waals surface area contributed by atoms with Crippen molar-refractivity contribution in [3.05, 3.63) is 23.2 Å². The van der Waals surface area contributed by atoms with Gasteiger partial charge in [-0.2, -0.15) is 0 Å². The van der Waals surface area contributed by atoms with Gasteiger partial charge in [0.2, 0.25) is 0 Å². The maximum atomic E-state index is 6.01. The van der Waals surface area contributed by atoms with Gasteiger partial charge in [0.25, 0.3) is 0 Å². The zero-order valence-corrected chi connectivity index (χ0v) is 13.5. The third-order valence-corrected chi connectivity index (χ3v) is 4.42. The van der Waals surface area contributed by atoms with Gasteiger partial charge in [0.15, 0.2) is 0 Å². The van der Waals surface area contributed by atoms with E-state index < -0.39 is 0 Å². The minimum Gasteiger partial charge on any atom is -0.463 e. The van der Waals surface area contributed by atoms with Crippen LogP contribution < -0.4 is 5.32 Å². The summed E-state index contributed by atoms with van der Waals surface area (Å²) in [6, 6.07) is 2.21. The molecule has 3 nitrogen and oxygen atoms in total. The van der Waals surface area contributed by atoms with Gasteiger partial charge in [-0.25, -0.2) is 0 Å². The van der Waals surface area contributed by atoms with Crippen LogP contribution in [0.4, 0.5) is 0 Å². The second kappa shape index (κ2) is 7.28. The van der Waals surface area contributed by atoms with Crippen LogP contribution in [0.25, 0.3) is 0 Å². The van der Waals surface area contributed by atoms with Crippen LogP contribution in [0.2, 0.25) is 0 Å². The fourth-order valence-corrected chi connectivity index (χ4v) is 2.99. The molecule has 0 aliphatic carbocycles. The Morgan fingerprint density at radius 2 is 2.25 bits per heavy atom. The Labute approximate surface area is 123 Å². The predicted molar refractivity (Wildman–Crippen MR) is 83.7 cm³/mol. The molecule has 0 bridgehead atoms. The van der Waals surface area contributed by atoms with Crippen molar-refractivity contribution >= 4 is 0 Å². The van der Waals surface area contributed by atoms with Crippen molar-refractivity contribution in [1.29, 1.82) is 0 Å². The average Bonchev–Trinajstić information content (AvgIpc) is 2.98. The highest BCUT2D eigenvalue weighted by atomic mass is 16.3. The Morgan fingerprint density at radius 1 is 1.45 bits per heavy atom. The molecule has 1 aliphatic heterocycles. The maximum absolute atomic E-state index is 6.01. The SMILES string of the molecule is CCCNCc1oc(CN2CCC(C(C)C)C2)cc1C. The van der Waals surface area contributed by atoms with Gasteiger partial charge in [0.05, 0.1) is 13.1 Å². The van der Waals surface area contributed by atoms with Gasteiger partial charge in [-0.3, -0.25) is 4.90 Å². The second-order valence-corrected chi connectivity index (χ2v) is 6.52. The van der Waals surface area contributed by atoms with E-state index in [0.717, 1.165) is 49.4 Å². The van der Waals surface area contributed by atoms with Crippen molar-refractivity contribution in [2.45, 2.75) is 53.6 Å². The highest BCUT2D eigenvalue weighted by Crippen LogP contribution is 2.26. The third-order valence-electron chi connectivity index (χ3n) is 4.42. The third kappa shape index (κ3) is 4.10. The highest BCUT2D eigenvalue weighted by Gasteiger charge is 2.25. The van der Waals surface area contributed by atoms with Gasteiger partial charge >= 0.3 is 0 Å². The number of nitrogens with one attached hydrogen (secondary N) is 1. The van der Waals surface area contributed by atoms with Crippen molar-refractivity contribution < 1.29 is 4.42 Å². The molecular weight excluding hydrogens is 248 g/mol. The fraction of sp³-hybridized carbons (Fsp3) is 0.765. The molecule has 1 aromatic rings. The van der Waals surface area contributed by atoms with Crippen LogP contribution in [-0.2, 0) is 13.1 Å². The zero-order valence-electron chi connectivity index (χ0n) is 13.5. The summed E-state index contributed by atoms with van der Waals surface area (Å²) < 4.78 is 6.01. The van der Waals surface area contributed by atoms with Gasteiger partial charge in [0.1, 0.15) is 11.5 Å². The number of aryl methyl sites for hydroxylation is 1. The van der Waals surface area contributed by atoms with E-state index >= 15 is 0 Å². The van der Waals surface area contributed by atoms with Crippen LogP contribution in [0.15, 0.2) is 10.5 Å². The fourth-order valence-electron chi connectivity index (χ4n) is 2.99. The van der Waals surface area contributed by atoms with Crippen molar-refractivity contribution in [1.82, 2.24) is 10.2 Å². The summed E-state index contributed by atoms with van der Waals surface area (Å²) in [6.45, 7) is 14.3. The van der Waals surface area contributed by atoms with Crippen molar-refractivity contribution in [3.63, 3.8) is 0 Å². The molecule has 1 unspecified atom stereocenters. The average molecular weight is 278 g/mol. The van der Waals surface area contributed by atoms with Crippen molar-refractivity contribution in [3.8, 4) is 0 Å². The van der Waals surface area contributed by atoms with Gasteiger partial charge < -0.3 is 9.73 Å². The molecule has 0 spiro atoms. The van der Waals surface area contributed by atoms with E-state index in [1.807, 2.05) is 0 Å². The number of furan rings is 1. The Kier molecular flexibility index (Phi) is 5.67. The van der Waals surface area contributed by atoms with E-state index in [1.165, 1.54) is 25.1 Å². The number of hydrogen-bond donors (Lipinski definition) is 1. The van der Waals surface area contributed by atoms with Crippen LogP contribution in [0, 0.1) is 18.8 Å². The lowest BCUT2D eigenvalue weighted by Crippen LogP contribution is -2.21. The molecule has 1 fully saturated rings. The van der Waals surface area contributed by atoms with Crippen molar-refractivity contribution in [2.75, 3.05) is 19.6 Å². The molecule has 2 rings (SSSR count). The Bertz CT molecular complexity index is 411. The monoisotopic (exact) mass is 278 g/mol. The molecule has 0 radical (unpaired) electrons. The molecule has 3 heteroatoms. The van der Waals surface area contributed by atoms with Crippen LogP contribution in [0.3, 0.4) is 0 Å². The predicted octanol–water partition coefficient (Wildman–Crippen LogP) is 3.57. The first-order valence-electron chi connectivity index (χ1n) is 8.11. The van der Waals surface area contributed by atoms with Crippen LogP contribution in [0.5, 0.6) is 0 Å². The summed E-state index contributed by atoms with van der Waals surface area (Å²) in [7, 11) is 0. The summed E-state index contributed by atoms with van der Waals surface area (Å²) in [6.07, 6.45) is 2.50. The standard InChI is InChI=1S/C17H30N2O/c1-5-7-18-10-17-14(4)9-16(20-17)12-19-8-6-15(11-19)13(2)3/h9,13,15,18H,5-8,10-12H2,1-4H3. The lowest BCUT2D eigenvalue weighted by atomic mass is 9.95. The van der Waals surface area contributed by atoms with E-state index in [2.05, 4.69) is 44.0 Å². The summed E-state index contributed by atoms with van der Waals surface area (Å²) >= 11 is 0. The lowest BCUT2D eigenvalue weighted by Gasteiger charge is -2.16. The molecule has 20 heavy (non-hydrogen) atoms. The Balaban J connectivity index is 1.86. The molecule has 1 atom stereocenters. The molecule has 1 aliphatic rings. The van der Waals surface area contributed by atoms with E-state index in [1.54, 1.807) is 0 Å². The molecular formula is C17H30N2O. The maximum Gasteiger partial charge on any atom is 0.120 e. The molecule has 0 amide bonds. The normalized spacial score (nSPS) is 20.1.